The molecule has 0 bridgehead atoms. The predicted octanol–water partition coefficient (Wildman–Crippen LogP) is 3.07. The number of nitrogens with zero attached hydrogens (tertiary/aromatic N) is 1. The molecule has 0 atom stereocenters. The standard InChI is InChI=1S/C16H18N2O3S/c1-16(2,3)12-9-22-13(18-12)8-17-14(19)10-4-6-11(7-5-10)15(20)21/h4-7,9H,8H2,1-3H3,(H,17,19)(H,20,21). The average molecular weight is 318 g/mol. The lowest BCUT2D eigenvalue weighted by Crippen LogP contribution is -2.23. The summed E-state index contributed by atoms with van der Waals surface area (Å²) in [5.74, 6) is -1.26. The zero-order valence-electron chi connectivity index (χ0n) is 12.7. The minimum atomic E-state index is -1.01. The molecular weight excluding hydrogens is 300 g/mol. The van der Waals surface area contributed by atoms with Crippen molar-refractivity contribution in [2.24, 2.45) is 0 Å². The van der Waals surface area contributed by atoms with Crippen molar-refractivity contribution in [2.75, 3.05) is 0 Å². The zero-order chi connectivity index (χ0) is 16.3. The lowest BCUT2D eigenvalue weighted by molar-refractivity contribution is 0.0696. The van der Waals surface area contributed by atoms with Crippen molar-refractivity contribution in [3.8, 4) is 0 Å². The molecule has 0 radical (unpaired) electrons. The van der Waals surface area contributed by atoms with Crippen molar-refractivity contribution >= 4 is 23.2 Å². The summed E-state index contributed by atoms with van der Waals surface area (Å²) >= 11 is 1.52. The molecule has 0 saturated carbocycles. The molecular formula is C16H18N2O3S. The molecule has 0 unspecified atom stereocenters. The van der Waals surface area contributed by atoms with Crippen LogP contribution in [0, 0.1) is 0 Å². The van der Waals surface area contributed by atoms with E-state index >= 15 is 0 Å². The molecule has 0 aliphatic rings. The van der Waals surface area contributed by atoms with E-state index in [9.17, 15) is 9.59 Å². The number of thiazole rings is 1. The summed E-state index contributed by atoms with van der Waals surface area (Å²) in [5, 5.41) is 14.5. The molecule has 0 saturated heterocycles. The Balaban J connectivity index is 1.98. The second kappa shape index (κ2) is 6.27. The van der Waals surface area contributed by atoms with Gasteiger partial charge in [0.05, 0.1) is 17.8 Å². The topological polar surface area (TPSA) is 79.3 Å². The van der Waals surface area contributed by atoms with Crippen molar-refractivity contribution in [1.29, 1.82) is 0 Å². The number of rotatable bonds is 4. The number of carboxylic acid groups (broad SMARTS) is 1. The summed E-state index contributed by atoms with van der Waals surface area (Å²) in [6.07, 6.45) is 0. The molecule has 116 valence electrons. The van der Waals surface area contributed by atoms with Gasteiger partial charge in [-0.2, -0.15) is 0 Å². The van der Waals surface area contributed by atoms with Gasteiger partial charge >= 0.3 is 5.97 Å². The molecule has 1 amide bonds. The van der Waals surface area contributed by atoms with E-state index in [0.717, 1.165) is 10.7 Å². The highest BCUT2D eigenvalue weighted by molar-refractivity contribution is 7.09. The second-order valence-corrected chi connectivity index (χ2v) is 6.88. The van der Waals surface area contributed by atoms with E-state index in [1.165, 1.54) is 35.6 Å². The molecule has 2 aromatic rings. The first-order valence-electron chi connectivity index (χ1n) is 6.84. The first kappa shape index (κ1) is 16.2. The fraction of sp³-hybridized carbons (Fsp3) is 0.312. The molecule has 0 aliphatic carbocycles. The van der Waals surface area contributed by atoms with Gasteiger partial charge in [0.2, 0.25) is 0 Å². The van der Waals surface area contributed by atoms with Crippen LogP contribution in [0.15, 0.2) is 29.6 Å². The minimum absolute atomic E-state index is 0.00851. The highest BCUT2D eigenvalue weighted by Crippen LogP contribution is 2.23. The molecule has 1 aromatic carbocycles. The van der Waals surface area contributed by atoms with E-state index in [1.807, 2.05) is 5.38 Å². The molecule has 2 rings (SSSR count). The Bertz CT molecular complexity index is 684. The molecule has 6 heteroatoms. The zero-order valence-corrected chi connectivity index (χ0v) is 13.5. The highest BCUT2D eigenvalue weighted by Gasteiger charge is 2.17. The summed E-state index contributed by atoms with van der Waals surface area (Å²) in [6.45, 7) is 6.64. The summed E-state index contributed by atoms with van der Waals surface area (Å²) in [7, 11) is 0. The monoisotopic (exact) mass is 318 g/mol. The highest BCUT2D eigenvalue weighted by atomic mass is 32.1. The number of carbonyl (C=O) groups excluding carboxylic acids is 1. The van der Waals surface area contributed by atoms with Gasteiger partial charge in [0, 0.05) is 16.4 Å². The largest absolute Gasteiger partial charge is 0.478 e. The number of aromatic carboxylic acids is 1. The van der Waals surface area contributed by atoms with Gasteiger partial charge in [-0.25, -0.2) is 9.78 Å². The van der Waals surface area contributed by atoms with Crippen LogP contribution in [0.25, 0.3) is 0 Å². The molecule has 22 heavy (non-hydrogen) atoms. The first-order valence-corrected chi connectivity index (χ1v) is 7.72. The third-order valence-corrected chi connectivity index (χ3v) is 3.96. The smallest absolute Gasteiger partial charge is 0.335 e. The van der Waals surface area contributed by atoms with Crippen molar-refractivity contribution in [3.05, 3.63) is 51.5 Å². The fourth-order valence-corrected chi connectivity index (χ4v) is 2.72. The third-order valence-electron chi connectivity index (χ3n) is 3.11. The number of aromatic nitrogens is 1. The summed E-state index contributed by atoms with van der Waals surface area (Å²) in [4.78, 5) is 27.3. The molecule has 1 aromatic heterocycles. The predicted molar refractivity (Wildman–Crippen MR) is 85.4 cm³/mol. The van der Waals surface area contributed by atoms with Crippen LogP contribution in [0.2, 0.25) is 0 Å². The Morgan fingerprint density at radius 2 is 1.77 bits per heavy atom. The van der Waals surface area contributed by atoms with E-state index in [4.69, 9.17) is 5.11 Å². The Labute approximate surface area is 133 Å². The van der Waals surface area contributed by atoms with Crippen molar-refractivity contribution in [1.82, 2.24) is 10.3 Å². The van der Waals surface area contributed by atoms with Crippen LogP contribution in [-0.2, 0) is 12.0 Å². The van der Waals surface area contributed by atoms with Crippen LogP contribution in [0.3, 0.4) is 0 Å². The van der Waals surface area contributed by atoms with Gasteiger partial charge in [-0.05, 0) is 24.3 Å². The number of carbonyl (C=O) groups is 2. The van der Waals surface area contributed by atoms with E-state index < -0.39 is 5.97 Å². The minimum Gasteiger partial charge on any atom is -0.478 e. The van der Waals surface area contributed by atoms with Gasteiger partial charge in [0.15, 0.2) is 0 Å². The molecule has 0 aliphatic heterocycles. The maximum Gasteiger partial charge on any atom is 0.335 e. The summed E-state index contributed by atoms with van der Waals surface area (Å²) in [5.41, 5.74) is 1.59. The third kappa shape index (κ3) is 3.92. The fourth-order valence-electron chi connectivity index (χ4n) is 1.76. The van der Waals surface area contributed by atoms with Gasteiger partial charge in [-0.3, -0.25) is 4.79 Å². The van der Waals surface area contributed by atoms with Crippen molar-refractivity contribution < 1.29 is 14.7 Å². The van der Waals surface area contributed by atoms with Crippen LogP contribution >= 0.6 is 11.3 Å². The van der Waals surface area contributed by atoms with E-state index in [2.05, 4.69) is 31.1 Å². The van der Waals surface area contributed by atoms with Gasteiger partial charge in [-0.1, -0.05) is 20.8 Å². The van der Waals surface area contributed by atoms with Gasteiger partial charge in [0.1, 0.15) is 5.01 Å². The lowest BCUT2D eigenvalue weighted by atomic mass is 9.93. The maximum atomic E-state index is 12.0. The van der Waals surface area contributed by atoms with Crippen molar-refractivity contribution in [3.63, 3.8) is 0 Å². The van der Waals surface area contributed by atoms with Gasteiger partial charge in [-0.15, -0.1) is 11.3 Å². The van der Waals surface area contributed by atoms with Crippen LogP contribution in [-0.4, -0.2) is 22.0 Å². The first-order chi connectivity index (χ1) is 10.3. The average Bonchev–Trinajstić information content (AvgIpc) is 2.94. The number of amides is 1. The Morgan fingerprint density at radius 3 is 2.27 bits per heavy atom. The van der Waals surface area contributed by atoms with E-state index in [-0.39, 0.29) is 16.9 Å². The molecule has 0 fully saturated rings. The Kier molecular flexibility index (Phi) is 4.61. The number of nitrogens with one attached hydrogen (secondary N) is 1. The van der Waals surface area contributed by atoms with Gasteiger partial charge in [0.25, 0.3) is 5.91 Å². The Hall–Kier alpha value is -2.21. The molecule has 1 heterocycles. The van der Waals surface area contributed by atoms with Crippen LogP contribution in [0.4, 0.5) is 0 Å². The molecule has 5 nitrogen and oxygen atoms in total. The summed E-state index contributed by atoms with van der Waals surface area (Å²) < 4.78 is 0. The number of hydrogen-bond donors (Lipinski definition) is 2. The Morgan fingerprint density at radius 1 is 1.18 bits per heavy atom. The normalized spacial score (nSPS) is 11.2. The van der Waals surface area contributed by atoms with E-state index in [1.54, 1.807) is 0 Å². The van der Waals surface area contributed by atoms with Crippen LogP contribution in [0.5, 0.6) is 0 Å². The maximum absolute atomic E-state index is 12.0. The number of hydrogen-bond acceptors (Lipinski definition) is 4. The second-order valence-electron chi connectivity index (χ2n) is 5.94. The van der Waals surface area contributed by atoms with Crippen LogP contribution in [0.1, 0.15) is 52.2 Å². The molecule has 0 spiro atoms. The van der Waals surface area contributed by atoms with Crippen LogP contribution < -0.4 is 5.32 Å². The summed E-state index contributed by atoms with van der Waals surface area (Å²) in [6, 6.07) is 5.83. The number of benzene rings is 1. The van der Waals surface area contributed by atoms with Crippen molar-refractivity contribution in [2.45, 2.75) is 32.7 Å². The number of carboxylic acids is 1. The van der Waals surface area contributed by atoms with E-state index in [0.29, 0.717) is 12.1 Å². The SMILES string of the molecule is CC(C)(C)c1csc(CNC(=O)c2ccc(C(=O)O)cc2)n1. The lowest BCUT2D eigenvalue weighted by Gasteiger charge is -2.14. The van der Waals surface area contributed by atoms with Gasteiger partial charge < -0.3 is 10.4 Å². The quantitative estimate of drug-likeness (QED) is 0.908. The molecule has 2 N–H and O–H groups in total.